The molecule has 0 bridgehead atoms. The summed E-state index contributed by atoms with van der Waals surface area (Å²) in [5, 5.41) is 10.9. The van der Waals surface area contributed by atoms with Crippen molar-refractivity contribution in [3.8, 4) is 11.5 Å². The summed E-state index contributed by atoms with van der Waals surface area (Å²) in [5.41, 5.74) is 0.0206. The lowest BCUT2D eigenvalue weighted by Crippen LogP contribution is -2.33. The number of methoxy groups -OCH3 is 1. The lowest BCUT2D eigenvalue weighted by atomic mass is 10.1. The lowest BCUT2D eigenvalue weighted by molar-refractivity contribution is -0.387. The zero-order valence-corrected chi connectivity index (χ0v) is 12.8. The quantitative estimate of drug-likeness (QED) is 0.633. The predicted octanol–water partition coefficient (Wildman–Crippen LogP) is 3.28. The van der Waals surface area contributed by atoms with Crippen LogP contribution in [0, 0.1) is 21.7 Å². The maximum atomic E-state index is 14.2. The number of nitro benzene ring substituents is 1. The molecular formula is C16H14F2N2O4. The van der Waals surface area contributed by atoms with E-state index in [1.54, 1.807) is 17.0 Å². The van der Waals surface area contributed by atoms with E-state index in [4.69, 9.17) is 9.47 Å². The van der Waals surface area contributed by atoms with Gasteiger partial charge in [0.25, 0.3) is 0 Å². The molecule has 0 spiro atoms. The molecular weight excluding hydrogens is 322 g/mol. The average molecular weight is 336 g/mol. The number of anilines is 1. The molecule has 2 aromatic rings. The van der Waals surface area contributed by atoms with E-state index in [9.17, 15) is 18.9 Å². The van der Waals surface area contributed by atoms with Gasteiger partial charge in [0.05, 0.1) is 18.6 Å². The van der Waals surface area contributed by atoms with Gasteiger partial charge in [-0.3, -0.25) is 10.1 Å². The van der Waals surface area contributed by atoms with Crippen LogP contribution >= 0.6 is 0 Å². The third kappa shape index (κ3) is 2.82. The van der Waals surface area contributed by atoms with E-state index in [0.29, 0.717) is 24.5 Å². The maximum Gasteiger partial charge on any atom is 0.305 e. The number of ether oxygens (including phenoxy) is 2. The fourth-order valence-electron chi connectivity index (χ4n) is 2.70. The second kappa shape index (κ2) is 6.31. The lowest BCUT2D eigenvalue weighted by Gasteiger charge is -2.31. The molecule has 3 rings (SSSR count). The van der Waals surface area contributed by atoms with Crippen molar-refractivity contribution in [2.24, 2.45) is 0 Å². The fraction of sp³-hybridized carbons (Fsp3) is 0.250. The standard InChI is InChI=1S/C16H14F2N2O4/c1-23-15-8-12(18)13(20(21)22)7-10(15)9-19-5-6-24-14-4-2-3-11(17)16(14)19/h2-4,7-8H,5-6,9H2,1H3. The minimum Gasteiger partial charge on any atom is -0.496 e. The van der Waals surface area contributed by atoms with E-state index < -0.39 is 22.2 Å². The van der Waals surface area contributed by atoms with Gasteiger partial charge in [0.15, 0.2) is 0 Å². The summed E-state index contributed by atoms with van der Waals surface area (Å²) in [5.74, 6) is -0.865. The van der Waals surface area contributed by atoms with Gasteiger partial charge >= 0.3 is 5.69 Å². The van der Waals surface area contributed by atoms with E-state index in [2.05, 4.69) is 0 Å². The minimum absolute atomic E-state index is 0.127. The van der Waals surface area contributed by atoms with Gasteiger partial charge in [0, 0.05) is 24.2 Å². The molecule has 126 valence electrons. The monoisotopic (exact) mass is 336 g/mol. The van der Waals surface area contributed by atoms with Crippen LogP contribution in [0.25, 0.3) is 0 Å². The van der Waals surface area contributed by atoms with Gasteiger partial charge in [-0.1, -0.05) is 6.07 Å². The normalized spacial score (nSPS) is 13.2. The molecule has 0 aliphatic carbocycles. The molecule has 0 fully saturated rings. The Labute approximate surface area is 136 Å². The molecule has 0 N–H and O–H groups in total. The number of benzene rings is 2. The Kier molecular flexibility index (Phi) is 4.20. The number of rotatable bonds is 4. The van der Waals surface area contributed by atoms with E-state index in [-0.39, 0.29) is 18.0 Å². The number of hydrogen-bond acceptors (Lipinski definition) is 5. The summed E-state index contributed by atoms with van der Waals surface area (Å²) in [7, 11) is 1.35. The first kappa shape index (κ1) is 16.0. The molecule has 8 heteroatoms. The molecule has 0 saturated carbocycles. The number of nitro groups is 1. The van der Waals surface area contributed by atoms with Crippen molar-refractivity contribution in [2.75, 3.05) is 25.2 Å². The first-order valence-electron chi connectivity index (χ1n) is 7.18. The highest BCUT2D eigenvalue weighted by Gasteiger charge is 2.25. The molecule has 0 radical (unpaired) electrons. The molecule has 0 atom stereocenters. The largest absolute Gasteiger partial charge is 0.496 e. The van der Waals surface area contributed by atoms with Gasteiger partial charge in [0.1, 0.15) is 29.6 Å². The second-order valence-electron chi connectivity index (χ2n) is 5.23. The smallest absolute Gasteiger partial charge is 0.305 e. The Hall–Kier alpha value is -2.90. The van der Waals surface area contributed by atoms with Crippen molar-refractivity contribution >= 4 is 11.4 Å². The zero-order valence-electron chi connectivity index (χ0n) is 12.8. The highest BCUT2D eigenvalue weighted by molar-refractivity contribution is 5.61. The predicted molar refractivity (Wildman–Crippen MR) is 82.6 cm³/mol. The summed E-state index contributed by atoms with van der Waals surface area (Å²) in [6, 6.07) is 6.58. The van der Waals surface area contributed by atoms with Gasteiger partial charge < -0.3 is 14.4 Å². The van der Waals surface area contributed by atoms with Crippen LogP contribution < -0.4 is 14.4 Å². The van der Waals surface area contributed by atoms with Crippen LogP contribution in [0.4, 0.5) is 20.2 Å². The second-order valence-corrected chi connectivity index (χ2v) is 5.23. The van der Waals surface area contributed by atoms with Crippen LogP contribution in [0.2, 0.25) is 0 Å². The third-order valence-corrected chi connectivity index (χ3v) is 3.79. The Morgan fingerprint density at radius 3 is 2.83 bits per heavy atom. The Morgan fingerprint density at radius 1 is 1.33 bits per heavy atom. The van der Waals surface area contributed by atoms with E-state index in [1.807, 2.05) is 0 Å². The van der Waals surface area contributed by atoms with Crippen molar-refractivity contribution in [3.05, 3.63) is 57.6 Å². The van der Waals surface area contributed by atoms with Crippen molar-refractivity contribution in [1.29, 1.82) is 0 Å². The molecule has 0 unspecified atom stereocenters. The van der Waals surface area contributed by atoms with Crippen LogP contribution in [0.1, 0.15) is 5.56 Å². The molecule has 6 nitrogen and oxygen atoms in total. The van der Waals surface area contributed by atoms with Crippen molar-refractivity contribution in [1.82, 2.24) is 0 Å². The molecule has 0 aromatic heterocycles. The number of halogens is 2. The molecule has 0 saturated heterocycles. The number of para-hydroxylation sites is 1. The van der Waals surface area contributed by atoms with Crippen LogP contribution in [0.5, 0.6) is 11.5 Å². The van der Waals surface area contributed by atoms with Crippen LogP contribution in [-0.2, 0) is 6.54 Å². The van der Waals surface area contributed by atoms with Crippen LogP contribution in [0.3, 0.4) is 0 Å². The van der Waals surface area contributed by atoms with E-state index >= 15 is 0 Å². The molecule has 24 heavy (non-hydrogen) atoms. The summed E-state index contributed by atoms with van der Waals surface area (Å²) >= 11 is 0. The summed E-state index contributed by atoms with van der Waals surface area (Å²) < 4.78 is 38.4. The van der Waals surface area contributed by atoms with Crippen LogP contribution in [0.15, 0.2) is 30.3 Å². The minimum atomic E-state index is -0.978. The number of nitrogens with zero attached hydrogens (tertiary/aromatic N) is 2. The van der Waals surface area contributed by atoms with Crippen molar-refractivity contribution < 1.29 is 23.2 Å². The molecule has 0 amide bonds. The fourth-order valence-corrected chi connectivity index (χ4v) is 2.70. The maximum absolute atomic E-state index is 14.2. The van der Waals surface area contributed by atoms with Gasteiger partial charge in [-0.15, -0.1) is 0 Å². The Balaban J connectivity index is 2.01. The number of fused-ring (bicyclic) bond motifs is 1. The van der Waals surface area contributed by atoms with E-state index in [1.165, 1.54) is 13.2 Å². The first-order valence-corrected chi connectivity index (χ1v) is 7.18. The van der Waals surface area contributed by atoms with Gasteiger partial charge in [0.2, 0.25) is 5.82 Å². The van der Waals surface area contributed by atoms with Gasteiger partial charge in [-0.05, 0) is 12.1 Å². The molecule has 2 aromatic carbocycles. The Bertz CT molecular complexity index is 798. The highest BCUT2D eigenvalue weighted by atomic mass is 19.1. The van der Waals surface area contributed by atoms with Gasteiger partial charge in [-0.25, -0.2) is 4.39 Å². The molecule has 1 aliphatic heterocycles. The highest BCUT2D eigenvalue weighted by Crippen LogP contribution is 2.36. The average Bonchev–Trinajstić information content (AvgIpc) is 2.56. The third-order valence-electron chi connectivity index (χ3n) is 3.79. The van der Waals surface area contributed by atoms with E-state index in [0.717, 1.165) is 12.1 Å². The van der Waals surface area contributed by atoms with Crippen molar-refractivity contribution in [3.63, 3.8) is 0 Å². The van der Waals surface area contributed by atoms with Gasteiger partial charge in [-0.2, -0.15) is 4.39 Å². The molecule has 1 aliphatic rings. The summed E-state index contributed by atoms with van der Waals surface area (Å²) in [6.07, 6.45) is 0. The van der Waals surface area contributed by atoms with Crippen LogP contribution in [-0.4, -0.2) is 25.2 Å². The SMILES string of the molecule is COc1cc(F)c([N+](=O)[O-])cc1CN1CCOc2cccc(F)c21. The topological polar surface area (TPSA) is 64.8 Å². The summed E-state index contributed by atoms with van der Waals surface area (Å²) in [4.78, 5) is 11.8. The molecule has 1 heterocycles. The first-order chi connectivity index (χ1) is 11.5. The Morgan fingerprint density at radius 2 is 2.12 bits per heavy atom. The zero-order chi connectivity index (χ0) is 17.3. The number of hydrogen-bond donors (Lipinski definition) is 0. The summed E-state index contributed by atoms with van der Waals surface area (Å²) in [6.45, 7) is 0.867. The van der Waals surface area contributed by atoms with Crippen molar-refractivity contribution in [2.45, 2.75) is 6.54 Å².